The third kappa shape index (κ3) is 4.35. The Hall–Kier alpha value is -1.89. The molecule has 0 saturated carbocycles. The average molecular weight is 353 g/mol. The van der Waals surface area contributed by atoms with Crippen LogP contribution in [0, 0.1) is 6.92 Å². The number of carbonyl (C=O) groups excluding carboxylic acids is 1. The van der Waals surface area contributed by atoms with Crippen LogP contribution in [0.2, 0.25) is 0 Å². The maximum atomic E-state index is 12.8. The summed E-state index contributed by atoms with van der Waals surface area (Å²) in [6.07, 6.45) is 4.20. The molecule has 1 heterocycles. The van der Waals surface area contributed by atoms with E-state index >= 15 is 0 Å². The summed E-state index contributed by atoms with van der Waals surface area (Å²) in [5.74, 6) is -1.10. The molecule has 1 amide bonds. The maximum absolute atomic E-state index is 12.8. The zero-order chi connectivity index (χ0) is 17.9. The van der Waals surface area contributed by atoms with Gasteiger partial charge in [-0.15, -0.1) is 0 Å². The predicted molar refractivity (Wildman–Crippen MR) is 89.8 cm³/mol. The van der Waals surface area contributed by atoms with Crippen LogP contribution < -0.4 is 0 Å². The van der Waals surface area contributed by atoms with E-state index in [0.717, 1.165) is 25.5 Å². The van der Waals surface area contributed by atoms with Gasteiger partial charge in [0.05, 0.1) is 4.90 Å². The Morgan fingerprint density at radius 3 is 2.62 bits per heavy atom. The van der Waals surface area contributed by atoms with Crippen molar-refractivity contribution in [2.24, 2.45) is 0 Å². The molecule has 1 aliphatic rings. The van der Waals surface area contributed by atoms with Crippen LogP contribution in [-0.2, 0) is 14.6 Å². The summed E-state index contributed by atoms with van der Waals surface area (Å²) in [5, 5.41) is 8.87. The fraction of sp³-hybridized carbons (Fsp3) is 0.529. The fourth-order valence-electron chi connectivity index (χ4n) is 3.16. The number of hydrogen-bond acceptors (Lipinski definition) is 4. The van der Waals surface area contributed by atoms with Crippen LogP contribution in [0.1, 0.15) is 48.0 Å². The number of carboxylic acids is 1. The normalized spacial score (nSPS) is 18.4. The van der Waals surface area contributed by atoms with Gasteiger partial charge in [-0.25, -0.2) is 8.42 Å². The van der Waals surface area contributed by atoms with Crippen LogP contribution in [0.5, 0.6) is 0 Å². The molecule has 1 aliphatic heterocycles. The summed E-state index contributed by atoms with van der Waals surface area (Å²) >= 11 is 0. The fourth-order valence-corrected chi connectivity index (χ4v) is 4.15. The quantitative estimate of drug-likeness (QED) is 0.876. The van der Waals surface area contributed by atoms with Gasteiger partial charge in [-0.2, -0.15) is 0 Å². The number of likely N-dealkylation sites (tertiary alicyclic amines) is 1. The van der Waals surface area contributed by atoms with E-state index in [9.17, 15) is 18.0 Å². The number of sulfone groups is 1. The van der Waals surface area contributed by atoms with E-state index in [1.807, 2.05) is 0 Å². The third-order valence-electron chi connectivity index (χ3n) is 4.41. The van der Waals surface area contributed by atoms with Gasteiger partial charge in [0.15, 0.2) is 9.84 Å². The van der Waals surface area contributed by atoms with E-state index in [1.54, 1.807) is 24.0 Å². The number of aliphatic carboxylic acids is 1. The van der Waals surface area contributed by atoms with E-state index in [4.69, 9.17) is 5.11 Å². The molecule has 0 aliphatic carbocycles. The number of carbonyl (C=O) groups is 2. The summed E-state index contributed by atoms with van der Waals surface area (Å²) in [6.45, 7) is 2.27. The van der Waals surface area contributed by atoms with Crippen molar-refractivity contribution in [3.63, 3.8) is 0 Å². The molecule has 1 N–H and O–H groups in total. The Balaban J connectivity index is 2.27. The molecule has 1 saturated heterocycles. The second-order valence-corrected chi connectivity index (χ2v) is 8.32. The molecule has 6 nitrogen and oxygen atoms in total. The van der Waals surface area contributed by atoms with Gasteiger partial charge in [-0.3, -0.25) is 9.59 Å². The zero-order valence-electron chi connectivity index (χ0n) is 14.0. The highest BCUT2D eigenvalue weighted by Crippen LogP contribution is 2.25. The van der Waals surface area contributed by atoms with E-state index < -0.39 is 15.8 Å². The first-order valence-corrected chi connectivity index (χ1v) is 9.93. The Kier molecular flexibility index (Phi) is 5.64. The highest BCUT2D eigenvalue weighted by molar-refractivity contribution is 7.90. The molecular weight excluding hydrogens is 330 g/mol. The molecule has 1 fully saturated rings. The summed E-state index contributed by atoms with van der Waals surface area (Å²) in [6, 6.07) is 4.59. The van der Waals surface area contributed by atoms with E-state index in [-0.39, 0.29) is 23.3 Å². The third-order valence-corrected chi connectivity index (χ3v) is 5.65. The summed E-state index contributed by atoms with van der Waals surface area (Å²) in [7, 11) is -3.40. The lowest BCUT2D eigenvalue weighted by Gasteiger charge is -2.35. The lowest BCUT2D eigenvalue weighted by atomic mass is 9.96. The molecule has 1 unspecified atom stereocenters. The highest BCUT2D eigenvalue weighted by atomic mass is 32.2. The Bertz CT molecular complexity index is 741. The Morgan fingerprint density at radius 1 is 1.29 bits per heavy atom. The molecule has 1 aromatic rings. The van der Waals surface area contributed by atoms with E-state index in [1.165, 1.54) is 6.07 Å². The lowest BCUT2D eigenvalue weighted by Crippen LogP contribution is -2.44. The molecule has 1 atom stereocenters. The minimum atomic E-state index is -3.40. The number of nitrogens with zero attached hydrogens (tertiary/aromatic N) is 1. The van der Waals surface area contributed by atoms with E-state index in [0.29, 0.717) is 24.1 Å². The first kappa shape index (κ1) is 18.4. The molecule has 24 heavy (non-hydrogen) atoms. The summed E-state index contributed by atoms with van der Waals surface area (Å²) in [4.78, 5) is 25.5. The van der Waals surface area contributed by atoms with Crippen molar-refractivity contribution in [1.29, 1.82) is 0 Å². The van der Waals surface area contributed by atoms with Gasteiger partial charge in [0.25, 0.3) is 5.91 Å². The Labute approximate surface area is 142 Å². The first-order valence-electron chi connectivity index (χ1n) is 8.03. The van der Waals surface area contributed by atoms with Crippen LogP contribution in [0.15, 0.2) is 23.1 Å². The van der Waals surface area contributed by atoms with Gasteiger partial charge in [-0.05, 0) is 50.3 Å². The lowest BCUT2D eigenvalue weighted by molar-refractivity contribution is -0.137. The van der Waals surface area contributed by atoms with Crippen molar-refractivity contribution in [2.45, 2.75) is 50.0 Å². The topological polar surface area (TPSA) is 91.8 Å². The summed E-state index contributed by atoms with van der Waals surface area (Å²) < 4.78 is 23.7. The second kappa shape index (κ2) is 7.34. The predicted octanol–water partition coefficient (Wildman–Crippen LogP) is 2.26. The van der Waals surface area contributed by atoms with Crippen LogP contribution in [0.3, 0.4) is 0 Å². The van der Waals surface area contributed by atoms with Gasteiger partial charge in [0.1, 0.15) is 0 Å². The molecule has 0 spiro atoms. The molecule has 0 aromatic heterocycles. The highest BCUT2D eigenvalue weighted by Gasteiger charge is 2.28. The minimum absolute atomic E-state index is 0.0247. The van der Waals surface area contributed by atoms with Crippen LogP contribution >= 0.6 is 0 Å². The van der Waals surface area contributed by atoms with Crippen molar-refractivity contribution < 1.29 is 23.1 Å². The largest absolute Gasteiger partial charge is 0.481 e. The van der Waals surface area contributed by atoms with Crippen molar-refractivity contribution in [3.8, 4) is 0 Å². The maximum Gasteiger partial charge on any atom is 0.303 e. The number of rotatable bonds is 5. The van der Waals surface area contributed by atoms with Crippen molar-refractivity contribution in [1.82, 2.24) is 4.90 Å². The monoisotopic (exact) mass is 353 g/mol. The van der Waals surface area contributed by atoms with Crippen molar-refractivity contribution in [2.75, 3.05) is 12.8 Å². The van der Waals surface area contributed by atoms with Crippen molar-refractivity contribution >= 4 is 21.7 Å². The average Bonchev–Trinajstić information content (AvgIpc) is 2.52. The molecule has 132 valence electrons. The van der Waals surface area contributed by atoms with Crippen LogP contribution in [0.25, 0.3) is 0 Å². The van der Waals surface area contributed by atoms with Gasteiger partial charge in [0, 0.05) is 30.8 Å². The van der Waals surface area contributed by atoms with E-state index in [2.05, 4.69) is 0 Å². The summed E-state index contributed by atoms with van der Waals surface area (Å²) in [5.41, 5.74) is 0.943. The molecule has 2 rings (SSSR count). The zero-order valence-corrected chi connectivity index (χ0v) is 14.8. The van der Waals surface area contributed by atoms with Crippen LogP contribution in [-0.4, -0.2) is 49.1 Å². The molecule has 1 aromatic carbocycles. The number of amides is 1. The molecule has 0 radical (unpaired) electrons. The number of aryl methyl sites for hydroxylation is 1. The second-order valence-electron chi connectivity index (χ2n) is 6.33. The number of benzene rings is 1. The van der Waals surface area contributed by atoms with Gasteiger partial charge in [0.2, 0.25) is 0 Å². The first-order chi connectivity index (χ1) is 11.2. The molecule has 0 bridgehead atoms. The van der Waals surface area contributed by atoms with Gasteiger partial charge in [-0.1, -0.05) is 6.07 Å². The Morgan fingerprint density at radius 2 is 2.00 bits per heavy atom. The standard InChI is InChI=1S/C17H23NO5S/c1-12-6-7-13(11-15(12)24(2,22)23)17(21)18-10-4-3-5-14(18)8-9-16(19)20/h6-7,11,14H,3-5,8-10H2,1-2H3,(H,19,20). The molecule has 7 heteroatoms. The number of piperidine rings is 1. The van der Waals surface area contributed by atoms with Crippen LogP contribution in [0.4, 0.5) is 0 Å². The molecular formula is C17H23NO5S. The minimum Gasteiger partial charge on any atom is -0.481 e. The SMILES string of the molecule is Cc1ccc(C(=O)N2CCCCC2CCC(=O)O)cc1S(C)(=O)=O. The van der Waals surface area contributed by atoms with Gasteiger partial charge < -0.3 is 10.0 Å². The number of carboxylic acid groups (broad SMARTS) is 1. The van der Waals surface area contributed by atoms with Crippen molar-refractivity contribution in [3.05, 3.63) is 29.3 Å². The smallest absolute Gasteiger partial charge is 0.303 e. The number of hydrogen-bond donors (Lipinski definition) is 1. The van der Waals surface area contributed by atoms with Gasteiger partial charge >= 0.3 is 5.97 Å².